The summed E-state index contributed by atoms with van der Waals surface area (Å²) in [7, 11) is -5.54. The molecular formula is C43H34F6N2O7S. The molecule has 0 aromatic heterocycles. The second kappa shape index (κ2) is 17.5. The molecule has 2 aliphatic heterocycles. The van der Waals surface area contributed by atoms with Gasteiger partial charge < -0.3 is 19.1 Å². The fourth-order valence-corrected chi connectivity index (χ4v) is 8.39. The predicted molar refractivity (Wildman–Crippen MR) is 202 cm³/mol. The third-order valence-electron chi connectivity index (χ3n) is 9.90. The number of hydrogen-bond donors (Lipinski definition) is 0. The summed E-state index contributed by atoms with van der Waals surface area (Å²) in [5.41, 5.74) is 2.80. The number of carbonyl (C=O) groups is 2. The van der Waals surface area contributed by atoms with Crippen LogP contribution in [-0.2, 0) is 44.1 Å². The minimum atomic E-state index is -5.54. The van der Waals surface area contributed by atoms with Crippen molar-refractivity contribution in [3.05, 3.63) is 166 Å². The maximum absolute atomic E-state index is 16.5. The summed E-state index contributed by atoms with van der Waals surface area (Å²) in [5.74, 6) is -16.1. The van der Waals surface area contributed by atoms with E-state index in [2.05, 4.69) is 0 Å². The molecule has 0 unspecified atom stereocenters. The van der Waals surface area contributed by atoms with E-state index in [9.17, 15) is 40.0 Å². The van der Waals surface area contributed by atoms with Crippen LogP contribution in [0.4, 0.5) is 32.0 Å². The van der Waals surface area contributed by atoms with Crippen molar-refractivity contribution < 1.29 is 58.6 Å². The van der Waals surface area contributed by atoms with Crippen molar-refractivity contribution in [2.24, 2.45) is 0 Å². The Morgan fingerprint density at radius 2 is 1.37 bits per heavy atom. The first kappa shape index (κ1) is 41.2. The normalized spacial score (nSPS) is 15.6. The summed E-state index contributed by atoms with van der Waals surface area (Å²) in [5, 5.41) is 0. The van der Waals surface area contributed by atoms with Crippen LogP contribution in [-0.4, -0.2) is 50.4 Å². The highest BCUT2D eigenvalue weighted by molar-refractivity contribution is 7.89. The van der Waals surface area contributed by atoms with Gasteiger partial charge in [-0.3, -0.25) is 4.79 Å². The maximum Gasteiger partial charge on any atom is 0.342 e. The maximum atomic E-state index is 16.5. The van der Waals surface area contributed by atoms with Gasteiger partial charge in [0, 0.05) is 12.6 Å². The number of esters is 1. The fourth-order valence-electron chi connectivity index (χ4n) is 6.65. The van der Waals surface area contributed by atoms with Crippen LogP contribution in [0.25, 0.3) is 5.57 Å². The molecule has 1 amide bonds. The summed E-state index contributed by atoms with van der Waals surface area (Å²) in [4.78, 5) is 26.7. The minimum Gasteiger partial charge on any atom is -0.488 e. The minimum absolute atomic E-state index is 0.113. The van der Waals surface area contributed by atoms with Crippen molar-refractivity contribution in [2.75, 3.05) is 24.7 Å². The highest BCUT2D eigenvalue weighted by Crippen LogP contribution is 2.37. The Bertz CT molecular complexity index is 2500. The van der Waals surface area contributed by atoms with Crippen LogP contribution < -0.4 is 9.64 Å². The van der Waals surface area contributed by atoms with Gasteiger partial charge in [0.15, 0.2) is 28.2 Å². The first-order valence-corrected chi connectivity index (χ1v) is 19.7. The number of ether oxygens (including phenoxy) is 3. The van der Waals surface area contributed by atoms with Crippen molar-refractivity contribution in [3.63, 3.8) is 0 Å². The van der Waals surface area contributed by atoms with Gasteiger partial charge >= 0.3 is 5.97 Å². The lowest BCUT2D eigenvalue weighted by atomic mass is 9.99. The number of anilines is 1. The van der Waals surface area contributed by atoms with Gasteiger partial charge in [0.25, 0.3) is 0 Å². The molecule has 306 valence electrons. The number of sulfonamides is 1. The Hall–Kier alpha value is -5.97. The van der Waals surface area contributed by atoms with E-state index in [-0.39, 0.29) is 30.9 Å². The molecule has 0 spiro atoms. The quantitative estimate of drug-likeness (QED) is 0.0510. The van der Waals surface area contributed by atoms with E-state index >= 15 is 4.39 Å². The van der Waals surface area contributed by atoms with Gasteiger partial charge in [-0.1, -0.05) is 91.0 Å². The lowest BCUT2D eigenvalue weighted by Gasteiger charge is -2.41. The zero-order valence-corrected chi connectivity index (χ0v) is 31.8. The first-order chi connectivity index (χ1) is 28.3. The number of rotatable bonds is 13. The van der Waals surface area contributed by atoms with Gasteiger partial charge in [0.1, 0.15) is 36.4 Å². The zero-order chi connectivity index (χ0) is 41.8. The second-order valence-electron chi connectivity index (χ2n) is 13.6. The summed E-state index contributed by atoms with van der Waals surface area (Å²) >= 11 is 0. The highest BCUT2D eigenvalue weighted by atomic mass is 32.2. The van der Waals surface area contributed by atoms with Crippen LogP contribution in [0.3, 0.4) is 0 Å². The largest absolute Gasteiger partial charge is 0.488 e. The van der Waals surface area contributed by atoms with E-state index in [0.29, 0.717) is 40.6 Å². The Balaban J connectivity index is 1.28. The lowest BCUT2D eigenvalue weighted by molar-refractivity contribution is -0.125. The molecule has 0 N–H and O–H groups in total. The molecule has 1 atom stereocenters. The molecule has 7 rings (SSSR count). The molecule has 5 aromatic rings. The molecule has 0 radical (unpaired) electrons. The Morgan fingerprint density at radius 1 is 0.763 bits per heavy atom. The Morgan fingerprint density at radius 3 is 1.95 bits per heavy atom. The molecule has 9 nitrogen and oxygen atoms in total. The molecule has 0 aliphatic carbocycles. The molecule has 5 aromatic carbocycles. The summed E-state index contributed by atoms with van der Waals surface area (Å²) in [6.07, 6.45) is 2.31. The van der Waals surface area contributed by atoms with E-state index in [1.807, 2.05) is 6.08 Å². The van der Waals surface area contributed by atoms with E-state index in [4.69, 9.17) is 14.2 Å². The number of halogens is 6. The number of hydrogen-bond acceptors (Lipinski definition) is 7. The molecule has 0 bridgehead atoms. The van der Waals surface area contributed by atoms with Gasteiger partial charge in [-0.05, 0) is 46.7 Å². The molecule has 0 saturated carbocycles. The number of benzene rings is 5. The number of carbonyl (C=O) groups excluding carboxylic acids is 2. The lowest BCUT2D eigenvalue weighted by Crippen LogP contribution is -2.59. The summed E-state index contributed by atoms with van der Waals surface area (Å²) in [6.45, 7) is -0.278. The van der Waals surface area contributed by atoms with E-state index in [1.165, 1.54) is 0 Å². The van der Waals surface area contributed by atoms with Crippen LogP contribution in [0.1, 0.15) is 45.5 Å². The van der Waals surface area contributed by atoms with Gasteiger partial charge in [-0.2, -0.15) is 4.31 Å². The third-order valence-corrected chi connectivity index (χ3v) is 11.8. The summed E-state index contributed by atoms with van der Waals surface area (Å²) in [6, 6.07) is 24.4. The molecule has 1 saturated heterocycles. The molecule has 2 heterocycles. The highest BCUT2D eigenvalue weighted by Gasteiger charge is 2.48. The number of nitrogens with zero attached hydrogens (tertiary/aromatic N) is 2. The van der Waals surface area contributed by atoms with Gasteiger partial charge in [0.2, 0.25) is 21.7 Å². The zero-order valence-electron chi connectivity index (χ0n) is 31.0. The van der Waals surface area contributed by atoms with Crippen LogP contribution >= 0.6 is 0 Å². The Kier molecular flexibility index (Phi) is 12.2. The second-order valence-corrected chi connectivity index (χ2v) is 15.5. The standard InChI is InChI=1S/C43H34F6N2O7S/c44-32-21-31(43(53)58-25-28-9-5-2-6-10-28)35(57-24-27-7-3-1-4-8-27)22-34(32)50(23-26-11-13-29(14-12-26)30-16-19-56-20-17-30)42(52)33-15-18-51(33)59(54,55)41-39(48)37(46)36(45)38(47)40(41)49/h1-14,16,21-22,33H,15,17-20,23-25H2/t33-/m1/s1. The molecule has 16 heteroatoms. The fraction of sp³-hybridized carbons (Fsp3) is 0.209. The van der Waals surface area contributed by atoms with Crippen molar-refractivity contribution in [1.82, 2.24) is 4.31 Å². The van der Waals surface area contributed by atoms with Gasteiger partial charge in [-0.15, -0.1) is 0 Å². The van der Waals surface area contributed by atoms with Crippen LogP contribution in [0.2, 0.25) is 0 Å². The predicted octanol–water partition coefficient (Wildman–Crippen LogP) is 8.26. The molecule has 2 aliphatic rings. The molecule has 59 heavy (non-hydrogen) atoms. The smallest absolute Gasteiger partial charge is 0.342 e. The molecular weight excluding hydrogens is 803 g/mol. The van der Waals surface area contributed by atoms with Crippen molar-refractivity contribution >= 4 is 33.2 Å². The van der Waals surface area contributed by atoms with Crippen LogP contribution in [0, 0.1) is 34.9 Å². The van der Waals surface area contributed by atoms with E-state index < -0.39 is 86.5 Å². The van der Waals surface area contributed by atoms with Crippen molar-refractivity contribution in [1.29, 1.82) is 0 Å². The van der Waals surface area contributed by atoms with Crippen molar-refractivity contribution in [2.45, 2.75) is 43.5 Å². The third kappa shape index (κ3) is 8.60. The van der Waals surface area contributed by atoms with Crippen molar-refractivity contribution in [3.8, 4) is 5.75 Å². The average molecular weight is 837 g/mol. The average Bonchev–Trinajstić information content (AvgIpc) is 3.23. The van der Waals surface area contributed by atoms with E-state index in [0.717, 1.165) is 28.2 Å². The monoisotopic (exact) mass is 836 g/mol. The van der Waals surface area contributed by atoms with E-state index in [1.54, 1.807) is 84.9 Å². The van der Waals surface area contributed by atoms with Crippen LogP contribution in [0.5, 0.6) is 5.75 Å². The van der Waals surface area contributed by atoms with Gasteiger partial charge in [-0.25, -0.2) is 39.6 Å². The van der Waals surface area contributed by atoms with Crippen LogP contribution in [0.15, 0.2) is 108 Å². The number of amides is 1. The topological polar surface area (TPSA) is 102 Å². The molecule has 1 fully saturated rings. The SMILES string of the molecule is O=C(OCc1ccccc1)c1cc(F)c(N(Cc2ccc(C3=CCOCC3)cc2)C(=O)[C@H]2CCN2S(=O)(=O)c2c(F)c(F)c(F)c(F)c2F)cc1OCc1ccccc1. The van der Waals surface area contributed by atoms with Gasteiger partial charge in [0.05, 0.1) is 25.4 Å². The summed E-state index contributed by atoms with van der Waals surface area (Å²) < 4.78 is 133. The Labute approximate surface area is 335 Å². The first-order valence-electron chi connectivity index (χ1n) is 18.3.